The van der Waals surface area contributed by atoms with Gasteiger partial charge >= 0.3 is 0 Å². The first-order valence-electron chi connectivity index (χ1n) is 8.36. The van der Waals surface area contributed by atoms with Crippen molar-refractivity contribution in [1.82, 2.24) is 0 Å². The Labute approximate surface area is 157 Å². The Balaban J connectivity index is 0.00000169. The number of phenols is 2. The molecule has 2 aromatic rings. The van der Waals surface area contributed by atoms with Gasteiger partial charge < -0.3 is 10.2 Å². The first kappa shape index (κ1) is 21.4. The molecule has 4 heteroatoms. The first-order chi connectivity index (χ1) is 11.7. The van der Waals surface area contributed by atoms with Crippen LogP contribution in [0.3, 0.4) is 0 Å². The number of nitrogens with zero attached hydrogens (tertiary/aromatic N) is 2. The smallest absolute Gasteiger partial charge is 0.124 e. The van der Waals surface area contributed by atoms with E-state index in [0.717, 1.165) is 36.8 Å². The summed E-state index contributed by atoms with van der Waals surface area (Å²) < 4.78 is 0. The Morgan fingerprint density at radius 2 is 1.08 bits per heavy atom. The summed E-state index contributed by atoms with van der Waals surface area (Å²) in [5, 5.41) is 19.7. The van der Waals surface area contributed by atoms with Crippen molar-refractivity contribution in [3.05, 3.63) is 59.7 Å². The number of para-hydroxylation sites is 2. The zero-order chi connectivity index (χ0) is 16.8. The van der Waals surface area contributed by atoms with Crippen molar-refractivity contribution in [1.29, 1.82) is 0 Å². The van der Waals surface area contributed by atoms with Gasteiger partial charge in [0.05, 0.1) is 12.1 Å². The van der Waals surface area contributed by atoms with Crippen molar-refractivity contribution in [2.45, 2.75) is 52.6 Å². The molecule has 1 aliphatic rings. The molecule has 0 amide bonds. The topological polar surface area (TPSA) is 65.2 Å². The van der Waals surface area contributed by atoms with E-state index in [1.165, 1.54) is 0 Å². The van der Waals surface area contributed by atoms with E-state index in [4.69, 9.17) is 0 Å². The lowest BCUT2D eigenvalue weighted by molar-refractivity contribution is 0.390. The highest BCUT2D eigenvalue weighted by molar-refractivity contribution is 5.84. The number of rotatable bonds is 4. The van der Waals surface area contributed by atoms with Crippen LogP contribution in [0.4, 0.5) is 0 Å². The van der Waals surface area contributed by atoms with Gasteiger partial charge in [0.2, 0.25) is 0 Å². The van der Waals surface area contributed by atoms with Crippen molar-refractivity contribution < 1.29 is 10.2 Å². The monoisotopic (exact) mass is 354 g/mol. The largest absolute Gasteiger partial charge is 0.507 e. The Hall–Kier alpha value is -2.62. The summed E-state index contributed by atoms with van der Waals surface area (Å²) in [5.41, 5.74) is 1.46. The summed E-state index contributed by atoms with van der Waals surface area (Å²) in [7, 11) is 0. The molecule has 0 saturated heterocycles. The van der Waals surface area contributed by atoms with Crippen LogP contribution in [0.1, 0.15) is 51.7 Å². The molecule has 1 saturated carbocycles. The molecule has 2 unspecified atom stereocenters. The van der Waals surface area contributed by atoms with Crippen LogP contribution in [0.5, 0.6) is 11.5 Å². The number of hydrogen-bond acceptors (Lipinski definition) is 4. The molecule has 1 aliphatic carbocycles. The summed E-state index contributed by atoms with van der Waals surface area (Å²) in [6.07, 6.45) is 7.76. The molecule has 1 fully saturated rings. The first-order valence-corrected chi connectivity index (χ1v) is 8.36. The Kier molecular flexibility index (Phi) is 8.56. The normalized spacial score (nSPS) is 19.8. The Bertz CT molecular complexity index is 677. The van der Waals surface area contributed by atoms with Crippen LogP contribution in [0, 0.1) is 0 Å². The highest BCUT2D eigenvalue weighted by Gasteiger charge is 2.23. The maximum atomic E-state index is 9.84. The van der Waals surface area contributed by atoms with Gasteiger partial charge in [0.1, 0.15) is 11.5 Å². The minimum Gasteiger partial charge on any atom is -0.507 e. The van der Waals surface area contributed by atoms with Gasteiger partial charge in [-0.2, -0.15) is 0 Å². The molecule has 2 atom stereocenters. The van der Waals surface area contributed by atoms with E-state index in [-0.39, 0.29) is 38.4 Å². The summed E-state index contributed by atoms with van der Waals surface area (Å²) in [4.78, 5) is 9.34. The number of phenolic OH excluding ortho intramolecular Hbond substituents is 2. The predicted molar refractivity (Wildman–Crippen MR) is 111 cm³/mol. The van der Waals surface area contributed by atoms with E-state index < -0.39 is 0 Å². The fourth-order valence-electron chi connectivity index (χ4n) is 2.98. The number of benzene rings is 2. The second-order valence-electron chi connectivity index (χ2n) is 6.09. The molecular formula is C22H30N2O2. The number of hydrogen-bond donors (Lipinski definition) is 2. The third-order valence-electron chi connectivity index (χ3n) is 4.38. The second kappa shape index (κ2) is 10.4. The van der Waals surface area contributed by atoms with Gasteiger partial charge in [-0.25, -0.2) is 0 Å². The van der Waals surface area contributed by atoms with Crippen LogP contribution >= 0.6 is 0 Å². The van der Waals surface area contributed by atoms with Gasteiger partial charge in [0.25, 0.3) is 0 Å². The third kappa shape index (κ3) is 5.45. The molecule has 0 aliphatic heterocycles. The minimum atomic E-state index is 0. The fraction of sp³-hybridized carbons (Fsp3) is 0.364. The van der Waals surface area contributed by atoms with Gasteiger partial charge in [0, 0.05) is 23.6 Å². The zero-order valence-electron chi connectivity index (χ0n) is 13.5. The Morgan fingerprint density at radius 3 is 1.46 bits per heavy atom. The maximum absolute atomic E-state index is 9.84. The molecule has 0 bridgehead atoms. The van der Waals surface area contributed by atoms with Gasteiger partial charge in [-0.3, -0.25) is 9.98 Å². The number of aliphatic imine (C=N–C) groups is 2. The van der Waals surface area contributed by atoms with E-state index in [1.807, 2.05) is 24.3 Å². The highest BCUT2D eigenvalue weighted by Crippen LogP contribution is 2.25. The van der Waals surface area contributed by atoms with Crippen LogP contribution in [0.25, 0.3) is 0 Å². The van der Waals surface area contributed by atoms with Gasteiger partial charge in [-0.1, -0.05) is 52.0 Å². The minimum absolute atomic E-state index is 0. The lowest BCUT2D eigenvalue weighted by Gasteiger charge is -2.25. The Morgan fingerprint density at radius 1 is 0.692 bits per heavy atom. The molecule has 140 valence electrons. The summed E-state index contributed by atoms with van der Waals surface area (Å²) in [6.45, 7) is 0. The summed E-state index contributed by atoms with van der Waals surface area (Å²) in [5.74, 6) is 0.484. The van der Waals surface area contributed by atoms with Gasteiger partial charge in [-0.15, -0.1) is 0 Å². The molecule has 2 aromatic carbocycles. The van der Waals surface area contributed by atoms with Crippen LogP contribution in [0.15, 0.2) is 58.5 Å². The SMILES string of the molecule is C.C.Oc1ccccc1C=NC1CCCCC1N=Cc1ccccc1O. The number of aromatic hydroxyl groups is 2. The van der Waals surface area contributed by atoms with Crippen LogP contribution in [-0.4, -0.2) is 34.7 Å². The average molecular weight is 354 g/mol. The molecule has 26 heavy (non-hydrogen) atoms. The molecular weight excluding hydrogens is 324 g/mol. The summed E-state index contributed by atoms with van der Waals surface area (Å²) >= 11 is 0. The van der Waals surface area contributed by atoms with Crippen molar-refractivity contribution in [3.63, 3.8) is 0 Å². The maximum Gasteiger partial charge on any atom is 0.124 e. The zero-order valence-corrected chi connectivity index (χ0v) is 13.5. The molecule has 0 spiro atoms. The molecule has 0 heterocycles. The van der Waals surface area contributed by atoms with E-state index in [0.29, 0.717) is 0 Å². The van der Waals surface area contributed by atoms with E-state index in [1.54, 1.807) is 36.7 Å². The second-order valence-corrected chi connectivity index (χ2v) is 6.09. The highest BCUT2D eigenvalue weighted by atomic mass is 16.3. The van der Waals surface area contributed by atoms with Gasteiger partial charge in [-0.05, 0) is 37.1 Å². The fourth-order valence-corrected chi connectivity index (χ4v) is 2.98. The lowest BCUT2D eigenvalue weighted by atomic mass is 9.91. The van der Waals surface area contributed by atoms with Crippen LogP contribution in [-0.2, 0) is 0 Å². The van der Waals surface area contributed by atoms with Crippen LogP contribution < -0.4 is 0 Å². The van der Waals surface area contributed by atoms with Crippen molar-refractivity contribution >= 4 is 12.4 Å². The average Bonchev–Trinajstić information content (AvgIpc) is 2.61. The van der Waals surface area contributed by atoms with E-state index in [9.17, 15) is 10.2 Å². The van der Waals surface area contributed by atoms with E-state index in [2.05, 4.69) is 9.98 Å². The van der Waals surface area contributed by atoms with Crippen molar-refractivity contribution in [3.8, 4) is 11.5 Å². The van der Waals surface area contributed by atoms with E-state index >= 15 is 0 Å². The third-order valence-corrected chi connectivity index (χ3v) is 4.38. The van der Waals surface area contributed by atoms with Crippen molar-refractivity contribution in [2.24, 2.45) is 9.98 Å². The lowest BCUT2D eigenvalue weighted by Crippen LogP contribution is -2.27. The molecule has 2 N–H and O–H groups in total. The molecule has 0 aromatic heterocycles. The van der Waals surface area contributed by atoms with Gasteiger partial charge in [0.15, 0.2) is 0 Å². The molecule has 4 nitrogen and oxygen atoms in total. The predicted octanol–water partition coefficient (Wildman–Crippen LogP) is 5.22. The molecule has 0 radical (unpaired) electrons. The van der Waals surface area contributed by atoms with Crippen LogP contribution in [0.2, 0.25) is 0 Å². The molecule has 3 rings (SSSR count). The standard InChI is InChI=1S/C20H22N2O2.2CH4/c23-19-11-5-1-7-15(19)13-21-17-9-3-4-10-18(17)22-14-16-8-2-6-12-20(16)24;;/h1-2,5-8,11-14,17-18,23-24H,3-4,9-10H2;2*1H4. The quantitative estimate of drug-likeness (QED) is 0.739. The van der Waals surface area contributed by atoms with Crippen molar-refractivity contribution in [2.75, 3.05) is 0 Å². The summed E-state index contributed by atoms with van der Waals surface area (Å²) in [6, 6.07) is 14.6.